The summed E-state index contributed by atoms with van der Waals surface area (Å²) in [6.07, 6.45) is 3.33. The van der Waals surface area contributed by atoms with Crippen molar-refractivity contribution in [1.29, 1.82) is 0 Å². The van der Waals surface area contributed by atoms with E-state index in [2.05, 4.69) is 10.6 Å². The van der Waals surface area contributed by atoms with E-state index < -0.39 is 0 Å². The van der Waals surface area contributed by atoms with Crippen LogP contribution >= 0.6 is 0 Å². The number of nitrogens with one attached hydrogen (secondary N) is 2. The number of rotatable bonds is 5. The summed E-state index contributed by atoms with van der Waals surface area (Å²) in [5, 5.41) is 6.15. The molecule has 0 aromatic heterocycles. The molecular weight excluding hydrogens is 296 g/mol. The second kappa shape index (κ2) is 7.79. The molecule has 0 aliphatic heterocycles. The van der Waals surface area contributed by atoms with Gasteiger partial charge in [-0.2, -0.15) is 0 Å². The molecule has 1 amide bonds. The van der Waals surface area contributed by atoms with Crippen LogP contribution in [0.5, 0.6) is 0 Å². The van der Waals surface area contributed by atoms with E-state index in [0.29, 0.717) is 0 Å². The number of carbonyl (C=O) groups excluding carboxylic acids is 1. The first kappa shape index (κ1) is 15.6. The van der Waals surface area contributed by atoms with Crippen molar-refractivity contribution in [3.8, 4) is 0 Å². The summed E-state index contributed by atoms with van der Waals surface area (Å²) in [7, 11) is 0. The number of carbonyl (C=O) groups is 1. The van der Waals surface area contributed by atoms with Crippen LogP contribution in [0.25, 0.3) is 6.08 Å². The molecule has 0 atom stereocenters. The van der Waals surface area contributed by atoms with Crippen molar-refractivity contribution in [3.63, 3.8) is 0 Å². The van der Waals surface area contributed by atoms with Crippen LogP contribution < -0.4 is 10.6 Å². The van der Waals surface area contributed by atoms with E-state index in [0.717, 1.165) is 22.6 Å². The molecule has 3 aromatic carbocycles. The Balaban J connectivity index is 1.58. The fourth-order valence-electron chi connectivity index (χ4n) is 2.25. The Labute approximate surface area is 141 Å². The lowest BCUT2D eigenvalue weighted by molar-refractivity contribution is -0.111. The minimum atomic E-state index is -0.150. The maximum absolute atomic E-state index is 11.9. The van der Waals surface area contributed by atoms with Crippen molar-refractivity contribution >= 4 is 29.0 Å². The first-order valence-corrected chi connectivity index (χ1v) is 7.76. The number of benzene rings is 3. The van der Waals surface area contributed by atoms with Gasteiger partial charge in [-0.3, -0.25) is 4.79 Å². The lowest BCUT2D eigenvalue weighted by atomic mass is 10.2. The highest BCUT2D eigenvalue weighted by Crippen LogP contribution is 2.18. The summed E-state index contributed by atoms with van der Waals surface area (Å²) in [5.41, 5.74) is 3.76. The Morgan fingerprint density at radius 1 is 0.667 bits per heavy atom. The van der Waals surface area contributed by atoms with Crippen molar-refractivity contribution in [2.24, 2.45) is 0 Å². The average Bonchev–Trinajstić information content (AvgIpc) is 2.63. The highest BCUT2D eigenvalue weighted by Gasteiger charge is 1.99. The average molecular weight is 314 g/mol. The molecule has 0 saturated heterocycles. The lowest BCUT2D eigenvalue weighted by Crippen LogP contribution is -2.07. The molecule has 3 heteroatoms. The summed E-state index contributed by atoms with van der Waals surface area (Å²) in [5.74, 6) is -0.150. The van der Waals surface area contributed by atoms with Gasteiger partial charge in [-0.1, -0.05) is 48.5 Å². The molecule has 0 aliphatic carbocycles. The van der Waals surface area contributed by atoms with Crippen LogP contribution in [0.3, 0.4) is 0 Å². The maximum Gasteiger partial charge on any atom is 0.248 e. The van der Waals surface area contributed by atoms with E-state index in [1.165, 1.54) is 6.08 Å². The quantitative estimate of drug-likeness (QED) is 0.645. The topological polar surface area (TPSA) is 41.1 Å². The molecule has 0 unspecified atom stereocenters. The summed E-state index contributed by atoms with van der Waals surface area (Å²) < 4.78 is 0. The van der Waals surface area contributed by atoms with Crippen LogP contribution in [0.1, 0.15) is 5.56 Å². The van der Waals surface area contributed by atoms with E-state index >= 15 is 0 Å². The number of amides is 1. The van der Waals surface area contributed by atoms with E-state index in [9.17, 15) is 4.79 Å². The first-order chi connectivity index (χ1) is 11.8. The van der Waals surface area contributed by atoms with Crippen molar-refractivity contribution in [2.45, 2.75) is 0 Å². The molecule has 0 heterocycles. The van der Waals surface area contributed by atoms with Crippen LogP contribution in [-0.2, 0) is 4.79 Å². The highest BCUT2D eigenvalue weighted by atomic mass is 16.1. The fourth-order valence-corrected chi connectivity index (χ4v) is 2.25. The molecular formula is C21H18N2O. The zero-order valence-corrected chi connectivity index (χ0v) is 13.1. The zero-order valence-electron chi connectivity index (χ0n) is 13.1. The molecule has 3 aromatic rings. The smallest absolute Gasteiger partial charge is 0.248 e. The zero-order chi connectivity index (χ0) is 16.6. The SMILES string of the molecule is O=C(/C=C/c1ccccc1)Nc1ccc(Nc2ccccc2)cc1. The predicted molar refractivity (Wildman–Crippen MR) is 100 cm³/mol. The fraction of sp³-hybridized carbons (Fsp3) is 0. The molecule has 2 N–H and O–H groups in total. The Hall–Kier alpha value is -3.33. The van der Waals surface area contributed by atoms with Gasteiger partial charge < -0.3 is 10.6 Å². The van der Waals surface area contributed by atoms with Gasteiger partial charge in [0.1, 0.15) is 0 Å². The second-order valence-electron chi connectivity index (χ2n) is 5.30. The third-order valence-electron chi connectivity index (χ3n) is 3.44. The van der Waals surface area contributed by atoms with Gasteiger partial charge in [-0.15, -0.1) is 0 Å². The van der Waals surface area contributed by atoms with E-state index in [4.69, 9.17) is 0 Å². The van der Waals surface area contributed by atoms with E-state index in [-0.39, 0.29) is 5.91 Å². The molecule has 0 aliphatic rings. The first-order valence-electron chi connectivity index (χ1n) is 7.76. The number of para-hydroxylation sites is 1. The number of hydrogen-bond donors (Lipinski definition) is 2. The summed E-state index contributed by atoms with van der Waals surface area (Å²) in [4.78, 5) is 11.9. The molecule has 0 saturated carbocycles. The predicted octanol–water partition coefficient (Wildman–Crippen LogP) is 5.08. The molecule has 3 rings (SSSR count). The van der Waals surface area contributed by atoms with Crippen LogP contribution in [-0.4, -0.2) is 5.91 Å². The van der Waals surface area contributed by atoms with Crippen molar-refractivity contribution < 1.29 is 4.79 Å². The number of anilines is 3. The molecule has 0 bridgehead atoms. The van der Waals surface area contributed by atoms with E-state index in [1.807, 2.05) is 84.9 Å². The molecule has 118 valence electrons. The van der Waals surface area contributed by atoms with Crippen LogP contribution in [0, 0.1) is 0 Å². The molecule has 0 fully saturated rings. The maximum atomic E-state index is 11.9. The number of hydrogen-bond acceptors (Lipinski definition) is 2. The third-order valence-corrected chi connectivity index (χ3v) is 3.44. The van der Waals surface area contributed by atoms with Gasteiger partial charge >= 0.3 is 0 Å². The largest absolute Gasteiger partial charge is 0.356 e. The van der Waals surface area contributed by atoms with Gasteiger partial charge in [0.25, 0.3) is 0 Å². The minimum Gasteiger partial charge on any atom is -0.356 e. The highest BCUT2D eigenvalue weighted by molar-refractivity contribution is 6.02. The second-order valence-corrected chi connectivity index (χ2v) is 5.30. The summed E-state index contributed by atoms with van der Waals surface area (Å²) >= 11 is 0. The Morgan fingerprint density at radius 3 is 1.88 bits per heavy atom. The summed E-state index contributed by atoms with van der Waals surface area (Å²) in [6, 6.07) is 27.3. The van der Waals surface area contributed by atoms with Crippen LogP contribution in [0.15, 0.2) is 91.0 Å². The monoisotopic (exact) mass is 314 g/mol. The van der Waals surface area contributed by atoms with E-state index in [1.54, 1.807) is 6.08 Å². The summed E-state index contributed by atoms with van der Waals surface area (Å²) in [6.45, 7) is 0. The standard InChI is InChI=1S/C21H18N2O/c24-21(16-11-17-7-3-1-4-8-17)23-20-14-12-19(13-15-20)22-18-9-5-2-6-10-18/h1-16,22H,(H,23,24)/b16-11+. The molecule has 0 radical (unpaired) electrons. The minimum absolute atomic E-state index is 0.150. The van der Waals surface area contributed by atoms with Crippen molar-refractivity contribution in [1.82, 2.24) is 0 Å². The third kappa shape index (κ3) is 4.58. The van der Waals surface area contributed by atoms with Crippen LogP contribution in [0.2, 0.25) is 0 Å². The van der Waals surface area contributed by atoms with Gasteiger partial charge in [-0.25, -0.2) is 0 Å². The Morgan fingerprint density at radius 2 is 1.21 bits per heavy atom. The van der Waals surface area contributed by atoms with Crippen molar-refractivity contribution in [3.05, 3.63) is 96.6 Å². The van der Waals surface area contributed by atoms with Crippen molar-refractivity contribution in [2.75, 3.05) is 10.6 Å². The molecule has 0 spiro atoms. The van der Waals surface area contributed by atoms with Gasteiger partial charge in [0.2, 0.25) is 5.91 Å². The lowest BCUT2D eigenvalue weighted by Gasteiger charge is -2.07. The van der Waals surface area contributed by atoms with Gasteiger partial charge in [0.15, 0.2) is 0 Å². The Kier molecular flexibility index (Phi) is 5.05. The van der Waals surface area contributed by atoms with Crippen LogP contribution in [0.4, 0.5) is 17.1 Å². The Bertz CT molecular complexity index is 809. The molecule has 24 heavy (non-hydrogen) atoms. The van der Waals surface area contributed by atoms with Gasteiger partial charge in [-0.05, 0) is 48.0 Å². The van der Waals surface area contributed by atoms with Gasteiger partial charge in [0, 0.05) is 23.1 Å². The molecule has 3 nitrogen and oxygen atoms in total. The van der Waals surface area contributed by atoms with Gasteiger partial charge in [0.05, 0.1) is 0 Å². The normalized spacial score (nSPS) is 10.5.